The fourth-order valence-corrected chi connectivity index (χ4v) is 13.0. The predicted molar refractivity (Wildman–Crippen MR) is 113 cm³/mol. The zero-order chi connectivity index (χ0) is 18.0. The lowest BCUT2D eigenvalue weighted by atomic mass is 9.59. The summed E-state index contributed by atoms with van der Waals surface area (Å²) in [4.78, 5) is 0. The van der Waals surface area contributed by atoms with Crippen LogP contribution in [0.1, 0.15) is 89.9 Å². The summed E-state index contributed by atoms with van der Waals surface area (Å²) in [6, 6.07) is 0. The maximum atomic E-state index is 1.72. The Balaban J connectivity index is 1.15. The van der Waals surface area contributed by atoms with Crippen molar-refractivity contribution in [3.05, 3.63) is 0 Å². The quantitative estimate of drug-likeness (QED) is 0.418. The van der Waals surface area contributed by atoms with Crippen LogP contribution in [0.5, 0.6) is 0 Å². The van der Waals surface area contributed by atoms with Gasteiger partial charge in [0.2, 0.25) is 0 Å². The van der Waals surface area contributed by atoms with E-state index in [-0.39, 0.29) is 0 Å². The van der Waals surface area contributed by atoms with Crippen molar-refractivity contribution in [3.63, 3.8) is 0 Å². The molecular formula is C28H42. The second-order valence-corrected chi connectivity index (χ2v) is 13.4. The normalized spacial score (nSPS) is 66.0. The second-order valence-electron chi connectivity index (χ2n) is 13.4. The first-order valence-corrected chi connectivity index (χ1v) is 13.9. The molecule has 0 heterocycles. The maximum absolute atomic E-state index is 1.72. The third kappa shape index (κ3) is 1.96. The van der Waals surface area contributed by atoms with Crippen molar-refractivity contribution >= 4 is 0 Å². The molecule has 0 spiro atoms. The SMILES string of the molecule is C1CC2CCCC3C4CC5C(CC4C(C1)C23)C1CCC2CCC3CCC5C1C23. The predicted octanol–water partition coefficient (Wildman–Crippen LogP) is 7.18. The lowest BCUT2D eigenvalue weighted by molar-refractivity contribution is 0.0234. The van der Waals surface area contributed by atoms with Crippen molar-refractivity contribution in [1.82, 2.24) is 0 Å². The van der Waals surface area contributed by atoms with Crippen LogP contribution in [0, 0.1) is 82.9 Å². The number of hydrogen-bond acceptors (Lipinski definition) is 0. The molecule has 10 unspecified atom stereocenters. The molecule has 0 N–H and O–H groups in total. The molecule has 0 aliphatic heterocycles. The highest BCUT2D eigenvalue weighted by Crippen LogP contribution is 2.72. The standard InChI is InChI=1S/C28H42/c1-3-15-4-2-6-19-23-14-25-21-12-10-17-8-7-16-9-11-20(28(21)26(16)17)24(25)13-22(23)18(5-1)27(15)19/h15-28H,1-14H2. The van der Waals surface area contributed by atoms with Crippen LogP contribution >= 0.6 is 0 Å². The summed E-state index contributed by atoms with van der Waals surface area (Å²) in [7, 11) is 0. The Hall–Kier alpha value is 0. The van der Waals surface area contributed by atoms with E-state index in [1.54, 1.807) is 89.9 Å². The smallest absolute Gasteiger partial charge is 0.0318 e. The molecule has 28 heavy (non-hydrogen) atoms. The average Bonchev–Trinajstić information content (AvgIpc) is 3.39. The van der Waals surface area contributed by atoms with Crippen LogP contribution in [0.15, 0.2) is 0 Å². The summed E-state index contributed by atoms with van der Waals surface area (Å²) in [6.45, 7) is 0. The molecule has 154 valence electrons. The first-order valence-electron chi connectivity index (χ1n) is 13.9. The minimum Gasteiger partial charge on any atom is -0.0527 e. The first-order chi connectivity index (χ1) is 13.9. The topological polar surface area (TPSA) is 0 Å². The van der Waals surface area contributed by atoms with Crippen LogP contribution in [-0.4, -0.2) is 0 Å². The fraction of sp³-hybridized carbons (Fsp3) is 1.00. The Labute approximate surface area is 173 Å². The Morgan fingerprint density at radius 1 is 0.286 bits per heavy atom. The van der Waals surface area contributed by atoms with Crippen molar-refractivity contribution < 1.29 is 0 Å². The summed E-state index contributed by atoms with van der Waals surface area (Å²) in [5, 5.41) is 0. The largest absolute Gasteiger partial charge is 0.0527 e. The summed E-state index contributed by atoms with van der Waals surface area (Å²) >= 11 is 0. The third-order valence-corrected chi connectivity index (χ3v) is 13.3. The van der Waals surface area contributed by atoms with E-state index in [0.717, 1.165) is 0 Å². The van der Waals surface area contributed by atoms with Gasteiger partial charge >= 0.3 is 0 Å². The molecule has 8 rings (SSSR count). The maximum Gasteiger partial charge on any atom is -0.0318 e. The zero-order valence-corrected chi connectivity index (χ0v) is 18.0. The van der Waals surface area contributed by atoms with E-state index >= 15 is 0 Å². The molecule has 8 saturated carbocycles. The lowest BCUT2D eigenvalue weighted by Crippen LogP contribution is -2.40. The van der Waals surface area contributed by atoms with Gasteiger partial charge in [-0.2, -0.15) is 0 Å². The Morgan fingerprint density at radius 3 is 1.25 bits per heavy atom. The van der Waals surface area contributed by atoms with Gasteiger partial charge in [0, 0.05) is 0 Å². The van der Waals surface area contributed by atoms with Crippen molar-refractivity contribution in [2.75, 3.05) is 0 Å². The van der Waals surface area contributed by atoms with Gasteiger partial charge in [-0.15, -0.1) is 0 Å². The molecular weight excluding hydrogens is 336 g/mol. The minimum atomic E-state index is 1.17. The van der Waals surface area contributed by atoms with Crippen LogP contribution in [0.2, 0.25) is 0 Å². The summed E-state index contributed by atoms with van der Waals surface area (Å²) in [5.41, 5.74) is 0. The summed E-state index contributed by atoms with van der Waals surface area (Å²) in [5.74, 6) is 16.7. The third-order valence-electron chi connectivity index (χ3n) is 13.3. The molecule has 8 aliphatic carbocycles. The molecule has 0 bridgehead atoms. The van der Waals surface area contributed by atoms with E-state index in [1.807, 2.05) is 0 Å². The molecule has 0 saturated heterocycles. The summed E-state index contributed by atoms with van der Waals surface area (Å²) < 4.78 is 0. The number of hydrogen-bond donors (Lipinski definition) is 0. The van der Waals surface area contributed by atoms with Gasteiger partial charge in [0.15, 0.2) is 0 Å². The lowest BCUT2D eigenvalue weighted by Gasteiger charge is -2.46. The van der Waals surface area contributed by atoms with E-state index in [0.29, 0.717) is 0 Å². The molecule has 0 amide bonds. The molecule has 0 aromatic rings. The second kappa shape index (κ2) is 5.82. The average molecular weight is 379 g/mol. The zero-order valence-electron chi connectivity index (χ0n) is 18.0. The minimum absolute atomic E-state index is 1.17. The van der Waals surface area contributed by atoms with Gasteiger partial charge in [-0.05, 0) is 147 Å². The Bertz CT molecular complexity index is 598. The molecule has 0 radical (unpaired) electrons. The number of fused-ring (bicyclic) bond motifs is 6. The highest BCUT2D eigenvalue weighted by Gasteiger charge is 2.65. The molecule has 0 aromatic carbocycles. The monoisotopic (exact) mass is 378 g/mol. The molecule has 8 fully saturated rings. The highest BCUT2D eigenvalue weighted by atomic mass is 14.7. The highest BCUT2D eigenvalue weighted by molar-refractivity contribution is 5.13. The van der Waals surface area contributed by atoms with E-state index in [4.69, 9.17) is 0 Å². The van der Waals surface area contributed by atoms with E-state index in [9.17, 15) is 0 Å². The van der Waals surface area contributed by atoms with Crippen molar-refractivity contribution in [2.45, 2.75) is 89.9 Å². The van der Waals surface area contributed by atoms with Gasteiger partial charge in [-0.3, -0.25) is 0 Å². The van der Waals surface area contributed by atoms with Gasteiger partial charge < -0.3 is 0 Å². The van der Waals surface area contributed by atoms with Crippen LogP contribution in [0.3, 0.4) is 0 Å². The van der Waals surface area contributed by atoms with Gasteiger partial charge in [0.05, 0.1) is 0 Å². The Morgan fingerprint density at radius 2 is 0.714 bits per heavy atom. The number of rotatable bonds is 0. The molecule has 0 aromatic heterocycles. The molecule has 0 heteroatoms. The summed E-state index contributed by atoms with van der Waals surface area (Å²) in [6.07, 6.45) is 23.0. The van der Waals surface area contributed by atoms with E-state index in [2.05, 4.69) is 0 Å². The van der Waals surface area contributed by atoms with Crippen LogP contribution in [0.4, 0.5) is 0 Å². The van der Waals surface area contributed by atoms with Crippen LogP contribution in [-0.2, 0) is 0 Å². The first kappa shape index (κ1) is 16.7. The van der Waals surface area contributed by atoms with E-state index in [1.165, 1.54) is 82.9 Å². The molecule has 10 atom stereocenters. The van der Waals surface area contributed by atoms with Crippen molar-refractivity contribution in [2.24, 2.45) is 82.9 Å². The van der Waals surface area contributed by atoms with Gasteiger partial charge in [0.1, 0.15) is 0 Å². The van der Waals surface area contributed by atoms with Crippen LogP contribution in [0.25, 0.3) is 0 Å². The van der Waals surface area contributed by atoms with E-state index < -0.39 is 0 Å². The van der Waals surface area contributed by atoms with Crippen LogP contribution < -0.4 is 0 Å². The molecule has 8 aliphatic rings. The van der Waals surface area contributed by atoms with Gasteiger partial charge in [0.25, 0.3) is 0 Å². The van der Waals surface area contributed by atoms with Gasteiger partial charge in [-0.1, -0.05) is 25.7 Å². The van der Waals surface area contributed by atoms with Crippen molar-refractivity contribution in [1.29, 1.82) is 0 Å². The molecule has 0 nitrogen and oxygen atoms in total. The van der Waals surface area contributed by atoms with Crippen molar-refractivity contribution in [3.8, 4) is 0 Å². The van der Waals surface area contributed by atoms with Gasteiger partial charge in [-0.25, -0.2) is 0 Å². The Kier molecular flexibility index (Phi) is 3.46. The fourth-order valence-electron chi connectivity index (χ4n) is 13.0.